The van der Waals surface area contributed by atoms with Gasteiger partial charge in [-0.05, 0) is 18.5 Å². The number of rotatable bonds is 1. The molecule has 0 bridgehead atoms. The second-order valence-corrected chi connectivity index (χ2v) is 4.21. The number of imide groups is 1. The predicted molar refractivity (Wildman–Crippen MR) is 66.9 cm³/mol. The molecule has 2 atom stereocenters. The smallest absolute Gasteiger partial charge is 0.255 e. The van der Waals surface area contributed by atoms with Crippen LogP contribution in [0.3, 0.4) is 0 Å². The Morgan fingerprint density at radius 1 is 1.47 bits per heavy atom. The molecule has 19 heavy (non-hydrogen) atoms. The zero-order chi connectivity index (χ0) is 18.0. The molecule has 0 spiro atoms. The second-order valence-electron chi connectivity index (χ2n) is 4.21. The Bertz CT molecular complexity index is 815. The van der Waals surface area contributed by atoms with E-state index < -0.39 is 48.4 Å². The Morgan fingerprint density at radius 3 is 3.00 bits per heavy atom. The van der Waals surface area contributed by atoms with E-state index in [1.807, 2.05) is 5.32 Å². The molecule has 2 aliphatic heterocycles. The predicted octanol–water partition coefficient (Wildman–Crippen LogP) is 0.0298. The number of nitrogens with zero attached hydrogens (tertiary/aromatic N) is 1. The third kappa shape index (κ3) is 1.76. The minimum absolute atomic E-state index is 0.151. The van der Waals surface area contributed by atoms with Crippen molar-refractivity contribution in [3.8, 4) is 0 Å². The van der Waals surface area contributed by atoms with Crippen molar-refractivity contribution in [1.29, 1.82) is 0 Å². The zero-order valence-corrected chi connectivity index (χ0v) is 9.74. The van der Waals surface area contributed by atoms with Crippen molar-refractivity contribution in [2.45, 2.75) is 25.4 Å². The third-order valence-electron chi connectivity index (χ3n) is 3.03. The molecule has 0 aromatic heterocycles. The maximum absolute atomic E-state index is 12.7. The van der Waals surface area contributed by atoms with Gasteiger partial charge < -0.3 is 10.6 Å². The van der Waals surface area contributed by atoms with Crippen molar-refractivity contribution >= 4 is 23.4 Å². The lowest BCUT2D eigenvalue weighted by atomic mass is 10.0. The molecule has 1 aromatic rings. The highest BCUT2D eigenvalue weighted by atomic mass is 16.2. The molecule has 0 aliphatic carbocycles. The van der Waals surface area contributed by atoms with Crippen LogP contribution in [-0.4, -0.2) is 28.6 Å². The van der Waals surface area contributed by atoms with E-state index in [9.17, 15) is 14.4 Å². The number of nitrogens with one attached hydrogen (secondary N) is 1. The van der Waals surface area contributed by atoms with Crippen LogP contribution >= 0.6 is 0 Å². The number of nitrogen functional groups attached to an aromatic ring is 1. The second kappa shape index (κ2) is 4.08. The topological polar surface area (TPSA) is 92.5 Å². The van der Waals surface area contributed by atoms with Crippen molar-refractivity contribution in [3.05, 3.63) is 29.3 Å². The first-order valence-electron chi connectivity index (χ1n) is 8.18. The molecule has 6 heteroatoms. The van der Waals surface area contributed by atoms with E-state index in [1.54, 1.807) is 0 Å². The highest BCUT2D eigenvalue weighted by molar-refractivity contribution is 6.06. The van der Waals surface area contributed by atoms with E-state index in [2.05, 4.69) is 0 Å². The summed E-state index contributed by atoms with van der Waals surface area (Å²) in [5.41, 5.74) is 4.96. The van der Waals surface area contributed by atoms with Gasteiger partial charge in [0, 0.05) is 29.8 Å². The number of benzene rings is 1. The van der Waals surface area contributed by atoms with Crippen LogP contribution in [-0.2, 0) is 16.1 Å². The molecule has 1 saturated heterocycles. The van der Waals surface area contributed by atoms with Gasteiger partial charge in [0.2, 0.25) is 11.8 Å². The summed E-state index contributed by atoms with van der Waals surface area (Å²) >= 11 is 0. The summed E-state index contributed by atoms with van der Waals surface area (Å²) in [6.45, 7) is -1.57. The average Bonchev–Trinajstić information content (AvgIpc) is 2.79. The first kappa shape index (κ1) is 7.28. The number of anilines is 1. The van der Waals surface area contributed by atoms with Crippen molar-refractivity contribution < 1.29 is 21.2 Å². The lowest BCUT2D eigenvalue weighted by molar-refractivity contribution is -0.136. The summed E-state index contributed by atoms with van der Waals surface area (Å²) in [5, 5.41) is 1.97. The first-order chi connectivity index (χ1) is 11.1. The van der Waals surface area contributed by atoms with Crippen LogP contribution in [0.15, 0.2) is 18.1 Å². The molecule has 98 valence electrons. The quantitative estimate of drug-likeness (QED) is 0.553. The molecule has 0 radical (unpaired) electrons. The summed E-state index contributed by atoms with van der Waals surface area (Å²) in [6, 6.07) is -3.80. The van der Waals surface area contributed by atoms with Gasteiger partial charge in [0.25, 0.3) is 5.91 Å². The highest BCUT2D eigenvalue weighted by Crippen LogP contribution is 2.30. The Morgan fingerprint density at radius 2 is 2.26 bits per heavy atom. The molecular formula is C13H13N3O3. The number of piperidine rings is 1. The number of hydrogen-bond acceptors (Lipinski definition) is 4. The van der Waals surface area contributed by atoms with Crippen LogP contribution in [0.2, 0.25) is 0 Å². The van der Waals surface area contributed by atoms with Crippen LogP contribution in [0.25, 0.3) is 0 Å². The molecule has 3 amide bonds. The molecule has 2 heterocycles. The van der Waals surface area contributed by atoms with E-state index in [4.69, 9.17) is 12.6 Å². The Balaban J connectivity index is 2.16. The van der Waals surface area contributed by atoms with E-state index in [0.717, 1.165) is 0 Å². The Labute approximate surface area is 116 Å². The van der Waals surface area contributed by atoms with Gasteiger partial charge in [-0.15, -0.1) is 0 Å². The number of nitrogens with two attached hydrogens (primary N) is 1. The lowest BCUT2D eigenvalue weighted by Crippen LogP contribution is -2.52. The largest absolute Gasteiger partial charge is 0.398 e. The molecule has 3 N–H and O–H groups in total. The van der Waals surface area contributed by atoms with Crippen LogP contribution in [0, 0.1) is 0 Å². The number of carbonyl (C=O) groups excluding carboxylic acids is 3. The van der Waals surface area contributed by atoms with Crippen molar-refractivity contribution in [3.63, 3.8) is 0 Å². The van der Waals surface area contributed by atoms with E-state index in [1.165, 1.54) is 0 Å². The normalized spacial score (nSPS) is 33.9. The van der Waals surface area contributed by atoms with Gasteiger partial charge in [-0.3, -0.25) is 19.7 Å². The summed E-state index contributed by atoms with van der Waals surface area (Å²) in [7, 11) is 0. The maximum Gasteiger partial charge on any atom is 0.255 e. The van der Waals surface area contributed by atoms with E-state index in [0.29, 0.717) is 4.90 Å². The molecule has 1 fully saturated rings. The average molecular weight is 264 g/mol. The number of fused-ring (bicyclic) bond motifs is 1. The summed E-state index contributed by atoms with van der Waals surface area (Å²) in [6.07, 6.45) is -0.458. The maximum atomic E-state index is 12.7. The van der Waals surface area contributed by atoms with Crippen LogP contribution in [0.1, 0.15) is 35.6 Å². The van der Waals surface area contributed by atoms with Gasteiger partial charge in [-0.2, -0.15) is 0 Å². The fourth-order valence-corrected chi connectivity index (χ4v) is 2.08. The van der Waals surface area contributed by atoms with Gasteiger partial charge in [0.05, 0.1) is 6.85 Å². The van der Waals surface area contributed by atoms with Crippen LogP contribution < -0.4 is 11.1 Å². The molecule has 2 unspecified atom stereocenters. The van der Waals surface area contributed by atoms with E-state index in [-0.39, 0.29) is 29.7 Å². The van der Waals surface area contributed by atoms with Gasteiger partial charge in [-0.1, -0.05) is 6.04 Å². The first-order valence-corrected chi connectivity index (χ1v) is 5.60. The number of carbonyl (C=O) groups is 3. The summed E-state index contributed by atoms with van der Waals surface area (Å²) < 4.78 is 39.8. The zero-order valence-electron chi connectivity index (χ0n) is 14.7. The van der Waals surface area contributed by atoms with Gasteiger partial charge in [-0.25, -0.2) is 0 Å². The van der Waals surface area contributed by atoms with Gasteiger partial charge in [0.15, 0.2) is 0 Å². The van der Waals surface area contributed by atoms with Crippen molar-refractivity contribution in [2.75, 3.05) is 5.73 Å². The lowest BCUT2D eigenvalue weighted by Gasteiger charge is -2.29. The minimum Gasteiger partial charge on any atom is -0.398 e. The minimum atomic E-state index is -2.19. The molecule has 6 nitrogen and oxygen atoms in total. The molecule has 3 rings (SSSR count). The van der Waals surface area contributed by atoms with Crippen LogP contribution in [0.4, 0.5) is 5.69 Å². The fraction of sp³-hybridized carbons (Fsp3) is 0.308. The van der Waals surface area contributed by atoms with Gasteiger partial charge in [0.1, 0.15) is 6.02 Å². The Kier molecular flexibility index (Phi) is 1.56. The van der Waals surface area contributed by atoms with E-state index >= 15 is 0 Å². The van der Waals surface area contributed by atoms with Crippen LogP contribution in [0.5, 0.6) is 0 Å². The third-order valence-corrected chi connectivity index (χ3v) is 3.03. The summed E-state index contributed by atoms with van der Waals surface area (Å²) in [4.78, 5) is 36.7. The monoisotopic (exact) mass is 264 g/mol. The number of hydrogen-bond donors (Lipinski definition) is 2. The molecular weight excluding hydrogens is 246 g/mol. The SMILES string of the molecule is [2H]c1c([2H])c(N)c2c(c1[2H])C(=O)N(C1([2H])CCC(=O)NC1=O)C2[2H]. The standard InChI is InChI=1S/C13H13N3O3/c14-9-3-1-2-7-8(9)6-16(13(7)19)10-4-5-11(17)15-12(10)18/h1-3,10H,4-6,14H2,(H,15,17,18)/i1D,2D,3D,6D,10D. The van der Waals surface area contributed by atoms with Gasteiger partial charge >= 0.3 is 0 Å². The Hall–Kier alpha value is -2.37. The summed E-state index contributed by atoms with van der Waals surface area (Å²) in [5.74, 6) is -2.55. The van der Waals surface area contributed by atoms with Crippen molar-refractivity contribution in [1.82, 2.24) is 10.2 Å². The molecule has 1 aromatic carbocycles. The highest BCUT2D eigenvalue weighted by Gasteiger charge is 2.39. The molecule has 2 aliphatic rings. The fourth-order valence-electron chi connectivity index (χ4n) is 2.08. The van der Waals surface area contributed by atoms with Crippen molar-refractivity contribution in [2.24, 2.45) is 0 Å². The molecule has 0 saturated carbocycles. The number of amides is 3.